The summed E-state index contributed by atoms with van der Waals surface area (Å²) in [5, 5.41) is 0. The van der Waals surface area contributed by atoms with Crippen LogP contribution in [0.2, 0.25) is 0 Å². The summed E-state index contributed by atoms with van der Waals surface area (Å²) in [6.45, 7) is 2.27. The average molecular weight is 371 g/mol. The van der Waals surface area contributed by atoms with Gasteiger partial charge in [-0.25, -0.2) is 4.39 Å². The Morgan fingerprint density at radius 1 is 0.852 bits per heavy atom. The summed E-state index contributed by atoms with van der Waals surface area (Å²) in [5.41, 5.74) is 3.08. The molecule has 1 aromatic rings. The van der Waals surface area contributed by atoms with E-state index in [-0.39, 0.29) is 0 Å². The molecule has 0 spiro atoms. The first-order valence-corrected chi connectivity index (χ1v) is 11.6. The first-order chi connectivity index (χ1) is 13.3. The molecule has 1 heteroatoms. The van der Waals surface area contributed by atoms with Gasteiger partial charge in [0.2, 0.25) is 0 Å². The van der Waals surface area contributed by atoms with Gasteiger partial charge in [0.25, 0.3) is 0 Å². The second kappa shape index (κ2) is 11.0. The number of hydrogen-bond donors (Lipinski definition) is 0. The summed E-state index contributed by atoms with van der Waals surface area (Å²) in [6.07, 6.45) is 19.8. The third kappa shape index (κ3) is 6.47. The van der Waals surface area contributed by atoms with Crippen molar-refractivity contribution in [1.29, 1.82) is 0 Å². The van der Waals surface area contributed by atoms with E-state index in [2.05, 4.69) is 31.2 Å². The van der Waals surface area contributed by atoms with Gasteiger partial charge in [0.05, 0.1) is 6.33 Å². The van der Waals surface area contributed by atoms with Crippen LogP contribution in [0, 0.1) is 17.8 Å². The van der Waals surface area contributed by atoms with E-state index in [0.717, 1.165) is 24.1 Å². The molecule has 0 heterocycles. The van der Waals surface area contributed by atoms with Crippen molar-refractivity contribution in [1.82, 2.24) is 0 Å². The number of allylic oxidation sites excluding steroid dienone is 1. The van der Waals surface area contributed by atoms with E-state index in [1.165, 1.54) is 89.0 Å². The van der Waals surface area contributed by atoms with E-state index in [1.807, 2.05) is 0 Å². The van der Waals surface area contributed by atoms with Crippen LogP contribution in [0.4, 0.5) is 4.39 Å². The first-order valence-electron chi connectivity index (χ1n) is 11.6. The molecule has 1 aromatic carbocycles. The maximum absolute atomic E-state index is 12.3. The summed E-state index contributed by atoms with van der Waals surface area (Å²) >= 11 is 0. The van der Waals surface area contributed by atoms with E-state index in [9.17, 15) is 4.39 Å². The summed E-state index contributed by atoms with van der Waals surface area (Å²) in [5.74, 6) is 3.16. The number of aryl methyl sites for hydroxylation is 1. The molecular formula is C26H39F. The zero-order valence-electron chi connectivity index (χ0n) is 17.3. The van der Waals surface area contributed by atoms with Crippen LogP contribution in [-0.2, 0) is 6.42 Å². The van der Waals surface area contributed by atoms with Gasteiger partial charge < -0.3 is 0 Å². The Balaban J connectivity index is 1.35. The molecule has 0 amide bonds. The molecule has 0 nitrogen and oxygen atoms in total. The lowest BCUT2D eigenvalue weighted by molar-refractivity contribution is 0.245. The predicted molar refractivity (Wildman–Crippen MR) is 115 cm³/mol. The van der Waals surface area contributed by atoms with Gasteiger partial charge >= 0.3 is 0 Å². The summed E-state index contributed by atoms with van der Waals surface area (Å²) in [6, 6.07) is 9.54. The van der Waals surface area contributed by atoms with Gasteiger partial charge in [0, 0.05) is 0 Å². The van der Waals surface area contributed by atoms with Crippen LogP contribution in [0.25, 0.3) is 0 Å². The van der Waals surface area contributed by atoms with E-state index in [0.29, 0.717) is 5.92 Å². The lowest BCUT2D eigenvalue weighted by Crippen LogP contribution is -2.17. The Morgan fingerprint density at radius 3 is 2.00 bits per heavy atom. The van der Waals surface area contributed by atoms with Gasteiger partial charge in [-0.3, -0.25) is 0 Å². The zero-order valence-corrected chi connectivity index (χ0v) is 17.3. The number of hydrogen-bond acceptors (Lipinski definition) is 0. The Bertz CT molecular complexity index is 542. The van der Waals surface area contributed by atoms with Crippen molar-refractivity contribution in [3.05, 3.63) is 47.8 Å². The van der Waals surface area contributed by atoms with Crippen LogP contribution in [0.15, 0.2) is 36.7 Å². The summed E-state index contributed by atoms with van der Waals surface area (Å²) < 4.78 is 12.3. The number of benzene rings is 1. The number of unbranched alkanes of at least 4 members (excludes halogenated alkanes) is 1. The molecule has 0 bridgehead atoms. The Labute approximate surface area is 166 Å². The highest BCUT2D eigenvalue weighted by Gasteiger charge is 2.24. The molecular weight excluding hydrogens is 331 g/mol. The van der Waals surface area contributed by atoms with Gasteiger partial charge in [-0.1, -0.05) is 56.5 Å². The van der Waals surface area contributed by atoms with Crippen LogP contribution in [0.1, 0.15) is 101 Å². The highest BCUT2D eigenvalue weighted by Crippen LogP contribution is 2.40. The molecule has 0 aliphatic heterocycles. The first kappa shape index (κ1) is 20.6. The molecule has 0 N–H and O–H groups in total. The van der Waals surface area contributed by atoms with Gasteiger partial charge in [-0.05, 0) is 99.0 Å². The van der Waals surface area contributed by atoms with Crippen molar-refractivity contribution in [2.45, 2.75) is 96.3 Å². The molecule has 2 aliphatic carbocycles. The third-order valence-electron chi connectivity index (χ3n) is 7.34. The average Bonchev–Trinajstić information content (AvgIpc) is 2.73. The van der Waals surface area contributed by atoms with E-state index >= 15 is 0 Å². The van der Waals surface area contributed by atoms with Crippen LogP contribution >= 0.6 is 0 Å². The normalized spacial score (nSPS) is 29.3. The fourth-order valence-electron chi connectivity index (χ4n) is 5.37. The number of halogens is 1. The van der Waals surface area contributed by atoms with Crippen molar-refractivity contribution in [2.75, 3.05) is 0 Å². The van der Waals surface area contributed by atoms with E-state index < -0.39 is 0 Å². The van der Waals surface area contributed by atoms with Gasteiger partial charge in [-0.2, -0.15) is 0 Å². The second-order valence-electron chi connectivity index (χ2n) is 9.24. The Kier molecular flexibility index (Phi) is 8.42. The standard InChI is InChI=1S/C26H39F/c1-2-3-4-21-11-15-25(16-12-21)26-17-13-23(14-18-26)6-5-22-7-9-24(10-8-22)19-20-27/h11-12,15-16,19-20,22-24,26H,2-10,13-14,17-18H2,1H3. The second-order valence-corrected chi connectivity index (χ2v) is 9.24. The van der Waals surface area contributed by atoms with E-state index in [4.69, 9.17) is 0 Å². The smallest absolute Gasteiger partial charge is 0.0829 e. The summed E-state index contributed by atoms with van der Waals surface area (Å²) in [4.78, 5) is 0. The number of rotatable bonds is 8. The minimum Gasteiger partial charge on any atom is -0.216 e. The van der Waals surface area contributed by atoms with E-state index in [1.54, 1.807) is 11.6 Å². The molecule has 0 aromatic heterocycles. The van der Waals surface area contributed by atoms with Crippen LogP contribution in [-0.4, -0.2) is 0 Å². The quantitative estimate of drug-likeness (QED) is 0.431. The highest BCUT2D eigenvalue weighted by molar-refractivity contribution is 5.26. The highest BCUT2D eigenvalue weighted by atomic mass is 19.1. The van der Waals surface area contributed by atoms with Crippen LogP contribution in [0.3, 0.4) is 0 Å². The van der Waals surface area contributed by atoms with Crippen molar-refractivity contribution >= 4 is 0 Å². The molecule has 0 radical (unpaired) electrons. The molecule has 27 heavy (non-hydrogen) atoms. The van der Waals surface area contributed by atoms with Crippen molar-refractivity contribution in [2.24, 2.45) is 17.8 Å². The maximum Gasteiger partial charge on any atom is 0.0829 e. The largest absolute Gasteiger partial charge is 0.216 e. The maximum atomic E-state index is 12.3. The zero-order chi connectivity index (χ0) is 18.9. The third-order valence-corrected chi connectivity index (χ3v) is 7.34. The fraction of sp³-hybridized carbons (Fsp3) is 0.692. The molecule has 3 rings (SSSR count). The Hall–Kier alpha value is -1.11. The minimum absolute atomic E-state index is 0.509. The molecule has 150 valence electrons. The van der Waals surface area contributed by atoms with Gasteiger partial charge in [0.15, 0.2) is 0 Å². The fourth-order valence-corrected chi connectivity index (χ4v) is 5.37. The summed E-state index contributed by atoms with van der Waals surface area (Å²) in [7, 11) is 0. The Morgan fingerprint density at radius 2 is 1.44 bits per heavy atom. The van der Waals surface area contributed by atoms with Crippen molar-refractivity contribution in [3.63, 3.8) is 0 Å². The molecule has 0 unspecified atom stereocenters. The molecule has 2 aliphatic rings. The molecule has 2 fully saturated rings. The molecule has 0 saturated heterocycles. The van der Waals surface area contributed by atoms with Gasteiger partial charge in [0.1, 0.15) is 0 Å². The van der Waals surface area contributed by atoms with Crippen molar-refractivity contribution in [3.8, 4) is 0 Å². The lowest BCUT2D eigenvalue weighted by Gasteiger charge is -2.31. The van der Waals surface area contributed by atoms with Crippen LogP contribution in [0.5, 0.6) is 0 Å². The minimum atomic E-state index is 0.509. The van der Waals surface area contributed by atoms with Crippen LogP contribution < -0.4 is 0 Å². The molecule has 0 atom stereocenters. The SMILES string of the molecule is CCCCc1ccc(C2CCC(CCC3CCC(C=CF)CC3)CC2)cc1. The molecule has 2 saturated carbocycles. The topological polar surface area (TPSA) is 0 Å². The lowest BCUT2D eigenvalue weighted by atomic mass is 9.74. The van der Waals surface area contributed by atoms with Gasteiger partial charge in [-0.15, -0.1) is 0 Å². The monoisotopic (exact) mass is 370 g/mol. The predicted octanol–water partition coefficient (Wildman–Crippen LogP) is 8.37. The van der Waals surface area contributed by atoms with Crippen molar-refractivity contribution < 1.29 is 4.39 Å².